The van der Waals surface area contributed by atoms with Gasteiger partial charge in [0, 0.05) is 24.0 Å². The second-order valence-electron chi connectivity index (χ2n) is 9.50. The lowest BCUT2D eigenvalue weighted by molar-refractivity contribution is -0.141. The molecular formula is C30H32ClFN2O2. The molecule has 188 valence electrons. The van der Waals surface area contributed by atoms with Crippen LogP contribution in [0.25, 0.3) is 0 Å². The minimum absolute atomic E-state index is 0.128. The summed E-state index contributed by atoms with van der Waals surface area (Å²) in [6, 6.07) is 22.4. The normalized spacial score (nSPS) is 14.7. The SMILES string of the molecule is O=C(NC1CCCCC1)[C@H](Cc1ccccc1)N(Cc1ccc(F)cc1)C(=O)Cc1ccc(Cl)cc1. The van der Waals surface area contributed by atoms with Crippen molar-refractivity contribution in [3.8, 4) is 0 Å². The lowest BCUT2D eigenvalue weighted by Gasteiger charge is -2.33. The third kappa shape index (κ3) is 7.41. The van der Waals surface area contributed by atoms with Crippen molar-refractivity contribution < 1.29 is 14.0 Å². The Kier molecular flexibility index (Phi) is 9.12. The molecule has 0 aliphatic heterocycles. The fourth-order valence-corrected chi connectivity index (χ4v) is 4.89. The number of hydrogen-bond acceptors (Lipinski definition) is 2. The average Bonchev–Trinajstić information content (AvgIpc) is 2.89. The number of carbonyl (C=O) groups is 2. The van der Waals surface area contributed by atoms with E-state index in [9.17, 15) is 14.0 Å². The average molecular weight is 507 g/mol. The Morgan fingerprint density at radius 1 is 0.861 bits per heavy atom. The van der Waals surface area contributed by atoms with Gasteiger partial charge in [-0.15, -0.1) is 0 Å². The monoisotopic (exact) mass is 506 g/mol. The molecule has 1 aliphatic carbocycles. The van der Waals surface area contributed by atoms with Crippen LogP contribution in [-0.2, 0) is 29.0 Å². The molecule has 4 nitrogen and oxygen atoms in total. The molecule has 1 fully saturated rings. The predicted octanol–water partition coefficient (Wildman–Crippen LogP) is 6.11. The van der Waals surface area contributed by atoms with Crippen molar-refractivity contribution >= 4 is 23.4 Å². The van der Waals surface area contributed by atoms with Gasteiger partial charge >= 0.3 is 0 Å². The Labute approximate surface area is 217 Å². The number of rotatable bonds is 9. The van der Waals surface area contributed by atoms with Gasteiger partial charge in [-0.25, -0.2) is 4.39 Å². The van der Waals surface area contributed by atoms with E-state index in [1.807, 2.05) is 42.5 Å². The highest BCUT2D eigenvalue weighted by Crippen LogP contribution is 2.21. The highest BCUT2D eigenvalue weighted by Gasteiger charge is 2.32. The zero-order chi connectivity index (χ0) is 25.3. The Balaban J connectivity index is 1.64. The first kappa shape index (κ1) is 25.9. The van der Waals surface area contributed by atoms with Gasteiger partial charge < -0.3 is 10.2 Å². The first-order valence-corrected chi connectivity index (χ1v) is 13.0. The highest BCUT2D eigenvalue weighted by molar-refractivity contribution is 6.30. The molecule has 1 aliphatic rings. The minimum atomic E-state index is -0.695. The van der Waals surface area contributed by atoms with Gasteiger partial charge in [-0.3, -0.25) is 9.59 Å². The third-order valence-electron chi connectivity index (χ3n) is 6.76. The third-order valence-corrected chi connectivity index (χ3v) is 7.01. The molecule has 2 amide bonds. The Bertz CT molecular complexity index is 1130. The summed E-state index contributed by atoms with van der Waals surface area (Å²) < 4.78 is 13.6. The zero-order valence-corrected chi connectivity index (χ0v) is 21.1. The van der Waals surface area contributed by atoms with Crippen molar-refractivity contribution in [1.82, 2.24) is 10.2 Å². The molecular weight excluding hydrogens is 475 g/mol. The van der Waals surface area contributed by atoms with Crippen LogP contribution in [0.2, 0.25) is 5.02 Å². The Morgan fingerprint density at radius 3 is 2.17 bits per heavy atom. The number of hydrogen-bond donors (Lipinski definition) is 1. The molecule has 0 bridgehead atoms. The van der Waals surface area contributed by atoms with Gasteiger partial charge in [0.1, 0.15) is 11.9 Å². The van der Waals surface area contributed by atoms with Gasteiger partial charge in [0.05, 0.1) is 6.42 Å². The van der Waals surface area contributed by atoms with E-state index in [2.05, 4.69) is 5.32 Å². The molecule has 0 unspecified atom stereocenters. The minimum Gasteiger partial charge on any atom is -0.352 e. The van der Waals surface area contributed by atoms with E-state index in [0.29, 0.717) is 11.4 Å². The first-order chi connectivity index (χ1) is 17.5. The molecule has 0 saturated heterocycles. The maximum absolute atomic E-state index is 13.7. The van der Waals surface area contributed by atoms with Crippen LogP contribution < -0.4 is 5.32 Å². The molecule has 6 heteroatoms. The molecule has 1 atom stereocenters. The molecule has 1 N–H and O–H groups in total. The number of nitrogens with one attached hydrogen (secondary N) is 1. The van der Waals surface area contributed by atoms with Crippen LogP contribution in [0.5, 0.6) is 0 Å². The maximum atomic E-state index is 13.7. The first-order valence-electron chi connectivity index (χ1n) is 12.6. The fourth-order valence-electron chi connectivity index (χ4n) is 4.76. The van der Waals surface area contributed by atoms with Crippen molar-refractivity contribution in [3.63, 3.8) is 0 Å². The van der Waals surface area contributed by atoms with Crippen LogP contribution in [0.3, 0.4) is 0 Å². The van der Waals surface area contributed by atoms with E-state index < -0.39 is 6.04 Å². The number of nitrogens with zero attached hydrogens (tertiary/aromatic N) is 1. The van der Waals surface area contributed by atoms with Crippen molar-refractivity contribution in [3.05, 3.63) is 106 Å². The molecule has 0 heterocycles. The smallest absolute Gasteiger partial charge is 0.243 e. The number of amides is 2. The van der Waals surface area contributed by atoms with E-state index in [0.717, 1.165) is 42.4 Å². The van der Waals surface area contributed by atoms with Crippen molar-refractivity contribution in [2.45, 2.75) is 63.6 Å². The van der Waals surface area contributed by atoms with E-state index in [4.69, 9.17) is 11.6 Å². The fraction of sp³-hybridized carbons (Fsp3) is 0.333. The van der Waals surface area contributed by atoms with E-state index >= 15 is 0 Å². The molecule has 0 aromatic heterocycles. The summed E-state index contributed by atoms with van der Waals surface area (Å²) in [4.78, 5) is 29.1. The van der Waals surface area contributed by atoms with E-state index in [1.165, 1.54) is 18.6 Å². The standard InChI is InChI=1S/C30H32ClFN2O2/c31-25-15-11-23(12-16-25)20-29(35)34(21-24-13-17-26(32)18-14-24)28(19-22-7-3-1-4-8-22)30(36)33-27-9-5-2-6-10-27/h1,3-4,7-8,11-18,27-28H,2,5-6,9-10,19-21H2,(H,33,36)/t28-/m0/s1. The van der Waals surface area contributed by atoms with Gasteiger partial charge in [0.15, 0.2) is 0 Å². The van der Waals surface area contributed by atoms with Crippen molar-refractivity contribution in [2.24, 2.45) is 0 Å². The van der Waals surface area contributed by atoms with Crippen LogP contribution >= 0.6 is 11.6 Å². The van der Waals surface area contributed by atoms with Crippen LogP contribution in [0.15, 0.2) is 78.9 Å². The van der Waals surface area contributed by atoms with Gasteiger partial charge in [-0.05, 0) is 53.8 Å². The molecule has 3 aromatic rings. The van der Waals surface area contributed by atoms with Crippen LogP contribution in [0, 0.1) is 5.82 Å². The molecule has 4 rings (SSSR count). The second-order valence-corrected chi connectivity index (χ2v) is 9.94. The lowest BCUT2D eigenvalue weighted by atomic mass is 9.94. The summed E-state index contributed by atoms with van der Waals surface area (Å²) in [5.74, 6) is -0.646. The Hall–Kier alpha value is -3.18. The van der Waals surface area contributed by atoms with Gasteiger partial charge in [0.2, 0.25) is 11.8 Å². The van der Waals surface area contributed by atoms with E-state index in [-0.39, 0.29) is 36.6 Å². The summed E-state index contributed by atoms with van der Waals surface area (Å²) >= 11 is 6.03. The number of carbonyl (C=O) groups excluding carboxylic acids is 2. The molecule has 36 heavy (non-hydrogen) atoms. The summed E-state index contributed by atoms with van der Waals surface area (Å²) in [7, 11) is 0. The molecule has 1 saturated carbocycles. The zero-order valence-electron chi connectivity index (χ0n) is 20.3. The molecule has 0 spiro atoms. The van der Waals surface area contributed by atoms with E-state index in [1.54, 1.807) is 29.2 Å². The largest absolute Gasteiger partial charge is 0.352 e. The summed E-state index contributed by atoms with van der Waals surface area (Å²) in [5.41, 5.74) is 2.56. The topological polar surface area (TPSA) is 49.4 Å². The quantitative estimate of drug-likeness (QED) is 0.380. The number of benzene rings is 3. The molecule has 0 radical (unpaired) electrons. The predicted molar refractivity (Wildman–Crippen MR) is 141 cm³/mol. The number of halogens is 2. The van der Waals surface area contributed by atoms with Gasteiger partial charge in [0.25, 0.3) is 0 Å². The highest BCUT2D eigenvalue weighted by atomic mass is 35.5. The summed E-state index contributed by atoms with van der Waals surface area (Å²) in [6.45, 7) is 0.211. The van der Waals surface area contributed by atoms with Gasteiger partial charge in [-0.2, -0.15) is 0 Å². The van der Waals surface area contributed by atoms with Crippen LogP contribution in [0.4, 0.5) is 4.39 Å². The maximum Gasteiger partial charge on any atom is 0.243 e. The van der Waals surface area contributed by atoms with Crippen molar-refractivity contribution in [2.75, 3.05) is 0 Å². The van der Waals surface area contributed by atoms with Crippen LogP contribution in [0.1, 0.15) is 48.8 Å². The second kappa shape index (κ2) is 12.7. The Morgan fingerprint density at radius 2 is 1.50 bits per heavy atom. The summed E-state index contributed by atoms with van der Waals surface area (Å²) in [6.07, 6.45) is 5.84. The van der Waals surface area contributed by atoms with Gasteiger partial charge in [-0.1, -0.05) is 85.5 Å². The lowest BCUT2D eigenvalue weighted by Crippen LogP contribution is -2.53. The van der Waals surface area contributed by atoms with Crippen LogP contribution in [-0.4, -0.2) is 28.8 Å². The van der Waals surface area contributed by atoms with Crippen molar-refractivity contribution in [1.29, 1.82) is 0 Å². The molecule has 3 aromatic carbocycles. The summed E-state index contributed by atoms with van der Waals surface area (Å²) in [5, 5.41) is 3.83.